The lowest BCUT2D eigenvalue weighted by Crippen LogP contribution is -2.34. The van der Waals surface area contributed by atoms with Crippen LogP contribution >= 0.6 is 15.9 Å². The van der Waals surface area contributed by atoms with Gasteiger partial charge in [0.2, 0.25) is 0 Å². The third-order valence-corrected chi connectivity index (χ3v) is 4.27. The van der Waals surface area contributed by atoms with E-state index in [2.05, 4.69) is 50.6 Å². The largest absolute Gasteiger partial charge is 0.366 e. The molecule has 1 fully saturated rings. The summed E-state index contributed by atoms with van der Waals surface area (Å²) in [6, 6.07) is 11.1. The SMILES string of the molecule is Cn1ccc(NC2CC(c3ccccc3Br)C2)n1. The van der Waals surface area contributed by atoms with Crippen molar-refractivity contribution in [3.63, 3.8) is 0 Å². The molecule has 0 bridgehead atoms. The summed E-state index contributed by atoms with van der Waals surface area (Å²) in [6.07, 6.45) is 4.32. The first-order valence-corrected chi connectivity index (χ1v) is 7.02. The summed E-state index contributed by atoms with van der Waals surface area (Å²) in [4.78, 5) is 0. The van der Waals surface area contributed by atoms with Crippen molar-refractivity contribution in [3.05, 3.63) is 46.6 Å². The molecule has 1 aliphatic carbocycles. The predicted octanol–water partition coefficient (Wildman–Crippen LogP) is 3.54. The van der Waals surface area contributed by atoms with Crippen LogP contribution in [0, 0.1) is 0 Å². The number of hydrogen-bond acceptors (Lipinski definition) is 2. The second kappa shape index (κ2) is 4.76. The summed E-state index contributed by atoms with van der Waals surface area (Å²) in [5, 5.41) is 7.82. The monoisotopic (exact) mass is 305 g/mol. The van der Waals surface area contributed by atoms with Crippen LogP contribution in [0.15, 0.2) is 41.0 Å². The number of benzene rings is 1. The Bertz CT molecular complexity index is 543. The van der Waals surface area contributed by atoms with Gasteiger partial charge in [-0.2, -0.15) is 5.10 Å². The van der Waals surface area contributed by atoms with Crippen LogP contribution in [0.1, 0.15) is 24.3 Å². The van der Waals surface area contributed by atoms with Crippen molar-refractivity contribution in [2.45, 2.75) is 24.8 Å². The minimum absolute atomic E-state index is 0.553. The van der Waals surface area contributed by atoms with E-state index in [1.54, 1.807) is 0 Å². The summed E-state index contributed by atoms with van der Waals surface area (Å²) in [5.74, 6) is 1.65. The van der Waals surface area contributed by atoms with Crippen LogP contribution in [0.2, 0.25) is 0 Å². The van der Waals surface area contributed by atoms with Crippen LogP contribution in [0.3, 0.4) is 0 Å². The lowest BCUT2D eigenvalue weighted by atomic mass is 9.76. The highest BCUT2D eigenvalue weighted by Crippen LogP contribution is 2.41. The molecule has 1 aromatic heterocycles. The third kappa shape index (κ3) is 2.29. The molecule has 1 N–H and O–H groups in total. The molecule has 94 valence electrons. The van der Waals surface area contributed by atoms with E-state index in [9.17, 15) is 0 Å². The number of nitrogens with one attached hydrogen (secondary N) is 1. The van der Waals surface area contributed by atoms with Gasteiger partial charge in [0.15, 0.2) is 0 Å². The molecule has 1 saturated carbocycles. The predicted molar refractivity (Wildman–Crippen MR) is 76.7 cm³/mol. The van der Waals surface area contributed by atoms with E-state index in [4.69, 9.17) is 0 Å². The smallest absolute Gasteiger partial charge is 0.148 e. The van der Waals surface area contributed by atoms with Gasteiger partial charge in [-0.25, -0.2) is 0 Å². The molecular formula is C14H16BrN3. The van der Waals surface area contributed by atoms with E-state index in [1.807, 2.05) is 24.0 Å². The van der Waals surface area contributed by atoms with Crippen molar-refractivity contribution in [1.82, 2.24) is 9.78 Å². The van der Waals surface area contributed by atoms with E-state index >= 15 is 0 Å². The number of hydrogen-bond donors (Lipinski definition) is 1. The van der Waals surface area contributed by atoms with Crippen molar-refractivity contribution in [2.24, 2.45) is 7.05 Å². The molecule has 1 aromatic carbocycles. The van der Waals surface area contributed by atoms with Gasteiger partial charge in [0.05, 0.1) is 0 Å². The Kier molecular flexibility index (Phi) is 3.12. The fraction of sp³-hybridized carbons (Fsp3) is 0.357. The van der Waals surface area contributed by atoms with Crippen LogP contribution in [0.4, 0.5) is 5.82 Å². The molecule has 0 amide bonds. The van der Waals surface area contributed by atoms with Gasteiger partial charge in [0.25, 0.3) is 0 Å². The van der Waals surface area contributed by atoms with Crippen molar-refractivity contribution in [1.29, 1.82) is 0 Å². The lowest BCUT2D eigenvalue weighted by Gasteiger charge is -2.36. The van der Waals surface area contributed by atoms with Crippen molar-refractivity contribution in [3.8, 4) is 0 Å². The zero-order chi connectivity index (χ0) is 12.5. The zero-order valence-electron chi connectivity index (χ0n) is 10.3. The van der Waals surface area contributed by atoms with Crippen molar-refractivity contribution in [2.75, 3.05) is 5.32 Å². The average molecular weight is 306 g/mol. The number of anilines is 1. The lowest BCUT2D eigenvalue weighted by molar-refractivity contribution is 0.372. The van der Waals surface area contributed by atoms with Crippen LogP contribution in [0.5, 0.6) is 0 Å². The van der Waals surface area contributed by atoms with Gasteiger partial charge in [0, 0.05) is 29.8 Å². The van der Waals surface area contributed by atoms with Crippen LogP contribution in [-0.2, 0) is 7.05 Å². The van der Waals surface area contributed by atoms with Gasteiger partial charge in [-0.05, 0) is 30.4 Å². The van der Waals surface area contributed by atoms with Crippen LogP contribution in [-0.4, -0.2) is 15.8 Å². The van der Waals surface area contributed by atoms with E-state index in [0.717, 1.165) is 5.82 Å². The van der Waals surface area contributed by atoms with Gasteiger partial charge < -0.3 is 5.32 Å². The summed E-state index contributed by atoms with van der Waals surface area (Å²) in [6.45, 7) is 0. The minimum Gasteiger partial charge on any atom is -0.366 e. The first-order valence-electron chi connectivity index (χ1n) is 6.23. The highest BCUT2D eigenvalue weighted by Gasteiger charge is 2.31. The highest BCUT2D eigenvalue weighted by atomic mass is 79.9. The molecule has 0 spiro atoms. The molecule has 4 heteroatoms. The van der Waals surface area contributed by atoms with E-state index < -0.39 is 0 Å². The summed E-state index contributed by atoms with van der Waals surface area (Å²) >= 11 is 3.63. The molecule has 3 rings (SSSR count). The van der Waals surface area contributed by atoms with E-state index in [0.29, 0.717) is 12.0 Å². The molecule has 0 aliphatic heterocycles. The summed E-state index contributed by atoms with van der Waals surface area (Å²) in [7, 11) is 1.94. The molecule has 3 nitrogen and oxygen atoms in total. The number of aromatic nitrogens is 2. The quantitative estimate of drug-likeness (QED) is 0.940. The number of rotatable bonds is 3. The van der Waals surface area contributed by atoms with E-state index in [-0.39, 0.29) is 0 Å². The molecule has 0 radical (unpaired) electrons. The zero-order valence-corrected chi connectivity index (χ0v) is 11.9. The average Bonchev–Trinajstić information content (AvgIpc) is 2.70. The van der Waals surface area contributed by atoms with Crippen LogP contribution < -0.4 is 5.32 Å². The first kappa shape index (κ1) is 11.8. The number of halogens is 1. The highest BCUT2D eigenvalue weighted by molar-refractivity contribution is 9.10. The molecule has 1 aliphatic rings. The van der Waals surface area contributed by atoms with Gasteiger partial charge in [-0.3, -0.25) is 4.68 Å². The maximum atomic E-state index is 4.34. The number of nitrogens with zero attached hydrogens (tertiary/aromatic N) is 2. The second-order valence-electron chi connectivity index (χ2n) is 4.91. The minimum atomic E-state index is 0.553. The van der Waals surface area contributed by atoms with Crippen molar-refractivity contribution < 1.29 is 0 Å². The van der Waals surface area contributed by atoms with Gasteiger partial charge >= 0.3 is 0 Å². The Morgan fingerprint density at radius 2 is 2.06 bits per heavy atom. The fourth-order valence-electron chi connectivity index (χ4n) is 2.50. The molecular weight excluding hydrogens is 290 g/mol. The Morgan fingerprint density at radius 3 is 2.72 bits per heavy atom. The summed E-state index contributed by atoms with van der Waals surface area (Å²) in [5.41, 5.74) is 1.43. The molecule has 18 heavy (non-hydrogen) atoms. The van der Waals surface area contributed by atoms with E-state index in [1.165, 1.54) is 22.9 Å². The standard InChI is InChI=1S/C14H16BrN3/c1-18-7-6-14(17-18)16-11-8-10(9-11)12-4-2-3-5-13(12)15/h2-7,10-11H,8-9H2,1H3,(H,16,17). The maximum absolute atomic E-state index is 4.34. The maximum Gasteiger partial charge on any atom is 0.148 e. The Morgan fingerprint density at radius 1 is 1.28 bits per heavy atom. The molecule has 0 atom stereocenters. The Balaban J connectivity index is 1.59. The molecule has 2 aromatic rings. The van der Waals surface area contributed by atoms with Crippen LogP contribution in [0.25, 0.3) is 0 Å². The molecule has 0 unspecified atom stereocenters. The summed E-state index contributed by atoms with van der Waals surface area (Å²) < 4.78 is 3.05. The fourth-order valence-corrected chi connectivity index (χ4v) is 3.11. The molecule has 0 saturated heterocycles. The van der Waals surface area contributed by atoms with Crippen molar-refractivity contribution >= 4 is 21.7 Å². The normalized spacial score (nSPS) is 22.6. The van der Waals surface area contributed by atoms with Gasteiger partial charge in [-0.15, -0.1) is 0 Å². The van der Waals surface area contributed by atoms with Gasteiger partial charge in [0.1, 0.15) is 5.82 Å². The second-order valence-corrected chi connectivity index (χ2v) is 5.76. The third-order valence-electron chi connectivity index (χ3n) is 3.55. The Hall–Kier alpha value is -1.29. The first-order chi connectivity index (χ1) is 8.72. The Labute approximate surface area is 115 Å². The van der Waals surface area contributed by atoms with Gasteiger partial charge in [-0.1, -0.05) is 34.1 Å². The topological polar surface area (TPSA) is 29.9 Å². The number of aryl methyl sites for hydroxylation is 1. The molecule has 1 heterocycles.